The van der Waals surface area contributed by atoms with Crippen LogP contribution in [0.2, 0.25) is 0 Å². The number of nitrogens with zero attached hydrogens (tertiary/aromatic N) is 1. The molecule has 0 radical (unpaired) electrons. The Morgan fingerprint density at radius 2 is 1.80 bits per heavy atom. The summed E-state index contributed by atoms with van der Waals surface area (Å²) in [5.74, 6) is 0. The maximum atomic E-state index is 4.79. The molecule has 10 heavy (non-hydrogen) atoms. The lowest BCUT2D eigenvalue weighted by molar-refractivity contribution is -0.0489. The van der Waals surface area contributed by atoms with Crippen molar-refractivity contribution in [1.29, 1.82) is 0 Å². The predicted molar refractivity (Wildman–Crippen MR) is 44.5 cm³/mol. The fourth-order valence-electron chi connectivity index (χ4n) is 3.06. The highest BCUT2D eigenvalue weighted by Gasteiger charge is 2.67. The van der Waals surface area contributed by atoms with Gasteiger partial charge in [-0.25, -0.2) is 0 Å². The van der Waals surface area contributed by atoms with Crippen LogP contribution in [0.1, 0.15) is 25.7 Å². The van der Waals surface area contributed by atoms with Gasteiger partial charge < -0.3 is 0 Å². The zero-order valence-electron chi connectivity index (χ0n) is 6.14. The Labute approximate surface area is 67.2 Å². The average Bonchev–Trinajstić information content (AvgIpc) is 1.92. The second-order valence-corrected chi connectivity index (χ2v) is 4.91. The molecule has 2 heteroatoms. The topological polar surface area (TPSA) is 3.24 Å². The van der Waals surface area contributed by atoms with Gasteiger partial charge >= 0.3 is 0 Å². The van der Waals surface area contributed by atoms with Gasteiger partial charge in [-0.05, 0) is 25.7 Å². The number of hydrogen-bond donors (Lipinski definition) is 1. The Morgan fingerprint density at radius 1 is 1.00 bits per heavy atom. The van der Waals surface area contributed by atoms with Gasteiger partial charge in [-0.2, -0.15) is 12.6 Å². The third kappa shape index (κ3) is 0.377. The summed E-state index contributed by atoms with van der Waals surface area (Å²) < 4.78 is 0.450. The number of hydrogen-bond acceptors (Lipinski definition) is 2. The van der Waals surface area contributed by atoms with E-state index in [9.17, 15) is 0 Å². The molecular weight excluding hydrogens is 142 g/mol. The Morgan fingerprint density at radius 3 is 2.10 bits per heavy atom. The van der Waals surface area contributed by atoms with Crippen molar-refractivity contribution in [2.24, 2.45) is 0 Å². The highest BCUT2D eigenvalue weighted by atomic mass is 32.1. The Bertz CT molecular complexity index is 190. The minimum absolute atomic E-state index is 0.450. The Balaban J connectivity index is 2.02. The molecule has 0 aromatic rings. The molecular formula is C8H13NS. The first kappa shape index (κ1) is 5.90. The molecule has 3 aliphatic rings. The molecule has 1 saturated carbocycles. The zero-order valence-corrected chi connectivity index (χ0v) is 7.03. The summed E-state index contributed by atoms with van der Waals surface area (Å²) in [4.78, 5) is 2.64. The molecule has 3 fully saturated rings. The molecule has 2 aliphatic heterocycles. The molecule has 0 N–H and O–H groups in total. The average molecular weight is 155 g/mol. The molecule has 2 heterocycles. The first-order valence-corrected chi connectivity index (χ1v) is 4.69. The fraction of sp³-hybridized carbons (Fsp3) is 1.00. The van der Waals surface area contributed by atoms with E-state index in [-0.39, 0.29) is 0 Å². The standard InChI is InChI=1S/C8H13NS/c10-8-2-1-7(8)3-5-9(7)6-4-8/h10H,1-6H2. The van der Waals surface area contributed by atoms with Crippen LogP contribution < -0.4 is 0 Å². The van der Waals surface area contributed by atoms with Crippen LogP contribution in [0.3, 0.4) is 0 Å². The van der Waals surface area contributed by atoms with Crippen LogP contribution >= 0.6 is 12.6 Å². The third-order valence-corrected chi connectivity index (χ3v) is 4.88. The summed E-state index contributed by atoms with van der Waals surface area (Å²) >= 11 is 4.79. The summed E-state index contributed by atoms with van der Waals surface area (Å²) in [6.45, 7) is 2.67. The van der Waals surface area contributed by atoms with Crippen molar-refractivity contribution in [2.75, 3.05) is 13.1 Å². The van der Waals surface area contributed by atoms with Crippen molar-refractivity contribution in [3.05, 3.63) is 0 Å². The summed E-state index contributed by atoms with van der Waals surface area (Å²) in [6, 6.07) is 0. The number of thiol groups is 1. The smallest absolute Gasteiger partial charge is 0.0366 e. The second-order valence-electron chi connectivity index (χ2n) is 4.05. The monoisotopic (exact) mass is 155 g/mol. The minimum atomic E-state index is 0.450. The van der Waals surface area contributed by atoms with E-state index in [1.165, 1.54) is 38.8 Å². The van der Waals surface area contributed by atoms with E-state index in [1.54, 1.807) is 0 Å². The number of rotatable bonds is 0. The van der Waals surface area contributed by atoms with Gasteiger partial charge in [0, 0.05) is 23.4 Å². The van der Waals surface area contributed by atoms with Crippen LogP contribution in [0, 0.1) is 0 Å². The Hall–Kier alpha value is 0.310. The van der Waals surface area contributed by atoms with Crippen LogP contribution in [0.25, 0.3) is 0 Å². The first-order valence-electron chi connectivity index (χ1n) is 4.24. The maximum Gasteiger partial charge on any atom is 0.0366 e. The van der Waals surface area contributed by atoms with E-state index < -0.39 is 0 Å². The SMILES string of the molecule is SC12CCN3CCC31CC2. The van der Waals surface area contributed by atoms with E-state index in [4.69, 9.17) is 12.6 Å². The van der Waals surface area contributed by atoms with Gasteiger partial charge in [0.05, 0.1) is 0 Å². The van der Waals surface area contributed by atoms with Gasteiger partial charge in [0.2, 0.25) is 0 Å². The quantitative estimate of drug-likeness (QED) is 0.516. The van der Waals surface area contributed by atoms with Crippen LogP contribution in [0.4, 0.5) is 0 Å². The Kier molecular flexibility index (Phi) is 0.835. The molecule has 2 atom stereocenters. The summed E-state index contributed by atoms with van der Waals surface area (Å²) in [7, 11) is 0. The largest absolute Gasteiger partial charge is 0.296 e. The first-order chi connectivity index (χ1) is 4.77. The van der Waals surface area contributed by atoms with Gasteiger partial charge in [0.1, 0.15) is 0 Å². The molecule has 2 saturated heterocycles. The van der Waals surface area contributed by atoms with Crippen LogP contribution in [0.5, 0.6) is 0 Å². The van der Waals surface area contributed by atoms with Crippen molar-refractivity contribution in [2.45, 2.75) is 36.0 Å². The normalized spacial score (nSPS) is 58.5. The van der Waals surface area contributed by atoms with Crippen molar-refractivity contribution >= 4 is 12.6 Å². The third-order valence-electron chi connectivity index (χ3n) is 4.01. The molecule has 0 aromatic carbocycles. The van der Waals surface area contributed by atoms with Gasteiger partial charge in [0.25, 0.3) is 0 Å². The van der Waals surface area contributed by atoms with Crippen molar-refractivity contribution in [3.63, 3.8) is 0 Å². The van der Waals surface area contributed by atoms with Gasteiger partial charge in [-0.3, -0.25) is 4.90 Å². The lowest BCUT2D eigenvalue weighted by Gasteiger charge is -2.62. The fourth-order valence-corrected chi connectivity index (χ4v) is 3.63. The minimum Gasteiger partial charge on any atom is -0.296 e. The van der Waals surface area contributed by atoms with E-state index >= 15 is 0 Å². The second kappa shape index (κ2) is 1.42. The van der Waals surface area contributed by atoms with Crippen LogP contribution in [-0.4, -0.2) is 28.3 Å². The molecule has 56 valence electrons. The van der Waals surface area contributed by atoms with Gasteiger partial charge in [-0.15, -0.1) is 0 Å². The van der Waals surface area contributed by atoms with Gasteiger partial charge in [0.15, 0.2) is 0 Å². The molecule has 1 spiro atoms. The summed E-state index contributed by atoms with van der Waals surface area (Å²) in [5.41, 5.74) is 0.607. The molecule has 0 amide bonds. The van der Waals surface area contributed by atoms with E-state index in [0.717, 1.165) is 0 Å². The molecule has 0 bridgehead atoms. The highest BCUT2D eigenvalue weighted by Crippen LogP contribution is 2.63. The molecule has 0 aromatic heterocycles. The van der Waals surface area contributed by atoms with Gasteiger partial charge in [-0.1, -0.05) is 0 Å². The van der Waals surface area contributed by atoms with Crippen molar-refractivity contribution < 1.29 is 0 Å². The van der Waals surface area contributed by atoms with E-state index in [2.05, 4.69) is 4.90 Å². The predicted octanol–water partition coefficient (Wildman–Crippen LogP) is 1.30. The molecule has 3 rings (SSSR count). The lowest BCUT2D eigenvalue weighted by atomic mass is 9.61. The van der Waals surface area contributed by atoms with E-state index in [1.807, 2.05) is 0 Å². The summed E-state index contributed by atoms with van der Waals surface area (Å²) in [6.07, 6.45) is 5.57. The lowest BCUT2D eigenvalue weighted by Crippen LogP contribution is -2.70. The summed E-state index contributed by atoms with van der Waals surface area (Å²) in [5, 5.41) is 0. The van der Waals surface area contributed by atoms with Crippen LogP contribution in [0.15, 0.2) is 0 Å². The highest BCUT2D eigenvalue weighted by molar-refractivity contribution is 7.82. The maximum absolute atomic E-state index is 4.79. The van der Waals surface area contributed by atoms with Crippen LogP contribution in [-0.2, 0) is 0 Å². The molecule has 1 aliphatic carbocycles. The zero-order chi connectivity index (χ0) is 6.82. The van der Waals surface area contributed by atoms with Crippen molar-refractivity contribution in [3.8, 4) is 0 Å². The van der Waals surface area contributed by atoms with Crippen molar-refractivity contribution in [1.82, 2.24) is 4.90 Å². The van der Waals surface area contributed by atoms with E-state index in [0.29, 0.717) is 10.3 Å². The molecule has 1 nitrogen and oxygen atoms in total. The molecule has 2 unspecified atom stereocenters.